The first-order valence-corrected chi connectivity index (χ1v) is 13.8. The predicted molar refractivity (Wildman–Crippen MR) is 147 cm³/mol. The van der Waals surface area contributed by atoms with E-state index in [0.717, 1.165) is 51.0 Å². The molecule has 0 bridgehead atoms. The van der Waals surface area contributed by atoms with E-state index in [1.807, 2.05) is 41.3 Å². The number of fused-ring (bicyclic) bond motifs is 1. The number of pyridine rings is 1. The Kier molecular flexibility index (Phi) is 8.27. The van der Waals surface area contributed by atoms with Crippen LogP contribution in [-0.2, 0) is 4.74 Å². The Morgan fingerprint density at radius 3 is 2.63 bits per heavy atom. The molecule has 3 aliphatic heterocycles. The van der Waals surface area contributed by atoms with Gasteiger partial charge < -0.3 is 24.6 Å². The van der Waals surface area contributed by atoms with Crippen LogP contribution in [0.2, 0.25) is 0 Å². The van der Waals surface area contributed by atoms with Gasteiger partial charge in [0.15, 0.2) is 0 Å². The lowest BCUT2D eigenvalue weighted by atomic mass is 9.74. The number of nitrogens with zero attached hydrogens (tertiary/aromatic N) is 3. The minimum Gasteiger partial charge on any atom is -0.492 e. The molecule has 8 heteroatoms. The molecule has 2 aromatic rings. The highest BCUT2D eigenvalue weighted by Crippen LogP contribution is 2.37. The average Bonchev–Trinajstić information content (AvgIpc) is 2.97. The van der Waals surface area contributed by atoms with Crippen molar-refractivity contribution in [3.8, 4) is 5.75 Å². The van der Waals surface area contributed by atoms with Crippen molar-refractivity contribution in [2.75, 3.05) is 57.4 Å². The van der Waals surface area contributed by atoms with Gasteiger partial charge in [0.25, 0.3) is 11.8 Å². The highest BCUT2D eigenvalue weighted by Gasteiger charge is 2.36. The summed E-state index contributed by atoms with van der Waals surface area (Å²) in [5, 5.41) is 3.20. The molecular formula is C30H38N4O4. The Morgan fingerprint density at radius 2 is 1.82 bits per heavy atom. The second-order valence-electron chi connectivity index (χ2n) is 10.7. The van der Waals surface area contributed by atoms with E-state index in [4.69, 9.17) is 9.47 Å². The van der Waals surface area contributed by atoms with Crippen molar-refractivity contribution in [3.63, 3.8) is 0 Å². The van der Waals surface area contributed by atoms with Crippen LogP contribution in [-0.4, -0.2) is 74.2 Å². The van der Waals surface area contributed by atoms with Crippen LogP contribution in [0, 0.1) is 5.41 Å². The van der Waals surface area contributed by atoms with Crippen LogP contribution in [0.25, 0.3) is 0 Å². The average molecular weight is 519 g/mol. The normalized spacial score (nSPS) is 22.0. The number of aromatic nitrogens is 1. The SMILES string of the molecule is C/C1=C\CCC2(CCN(C(=O)c3ccnc(N4CCOCC4)c3)CC2)CNC(=O)c2ccccc2OCC1. The number of hydrogen-bond acceptors (Lipinski definition) is 6. The summed E-state index contributed by atoms with van der Waals surface area (Å²) in [5.74, 6) is 1.40. The number of morpholine rings is 1. The standard InChI is InChI=1S/C30H38N4O4/c1-23-5-4-10-30(22-32-28(35)25-6-2-3-7-26(25)38-18-9-23)11-14-34(15-12-30)29(36)24-8-13-31-27(21-24)33-16-19-37-20-17-33/h2-3,5-8,13,21H,4,9-12,14-20,22H2,1H3,(H,32,35)/b23-5+. The zero-order chi connectivity index (χ0) is 26.4. The van der Waals surface area contributed by atoms with Crippen LogP contribution in [0.3, 0.4) is 0 Å². The van der Waals surface area contributed by atoms with E-state index in [1.54, 1.807) is 6.20 Å². The first-order chi connectivity index (χ1) is 18.5. The molecule has 5 rings (SSSR count). The van der Waals surface area contributed by atoms with Crippen LogP contribution >= 0.6 is 0 Å². The molecule has 2 fully saturated rings. The Morgan fingerprint density at radius 1 is 1.03 bits per heavy atom. The maximum absolute atomic E-state index is 13.4. The van der Waals surface area contributed by atoms with Crippen molar-refractivity contribution in [1.82, 2.24) is 15.2 Å². The van der Waals surface area contributed by atoms with Crippen molar-refractivity contribution in [3.05, 3.63) is 65.4 Å². The molecule has 0 radical (unpaired) electrons. The Hall–Kier alpha value is -3.39. The maximum Gasteiger partial charge on any atom is 0.255 e. The number of amides is 2. The smallest absolute Gasteiger partial charge is 0.255 e. The third kappa shape index (κ3) is 6.18. The van der Waals surface area contributed by atoms with Crippen LogP contribution in [0.4, 0.5) is 5.82 Å². The van der Waals surface area contributed by atoms with Crippen LogP contribution in [0.15, 0.2) is 54.2 Å². The lowest BCUT2D eigenvalue weighted by molar-refractivity contribution is 0.0544. The molecule has 3 aliphatic rings. The molecule has 1 aromatic heterocycles. The largest absolute Gasteiger partial charge is 0.492 e. The van der Waals surface area contributed by atoms with Crippen molar-refractivity contribution in [2.45, 2.75) is 39.0 Å². The van der Waals surface area contributed by atoms with Gasteiger partial charge in [0.05, 0.1) is 25.4 Å². The van der Waals surface area contributed by atoms with Crippen molar-refractivity contribution in [2.24, 2.45) is 5.41 Å². The molecule has 0 saturated carbocycles. The number of carbonyl (C=O) groups is 2. The fourth-order valence-corrected chi connectivity index (χ4v) is 5.59. The summed E-state index contributed by atoms with van der Waals surface area (Å²) in [6, 6.07) is 11.2. The summed E-state index contributed by atoms with van der Waals surface area (Å²) in [5.41, 5.74) is 2.50. The summed E-state index contributed by atoms with van der Waals surface area (Å²) < 4.78 is 11.4. The van der Waals surface area contributed by atoms with Gasteiger partial charge in [-0.25, -0.2) is 4.98 Å². The molecule has 2 amide bonds. The first-order valence-electron chi connectivity index (χ1n) is 13.8. The number of rotatable bonds is 2. The Labute approximate surface area is 225 Å². The zero-order valence-electron chi connectivity index (χ0n) is 22.3. The highest BCUT2D eigenvalue weighted by molar-refractivity contribution is 5.97. The van der Waals surface area contributed by atoms with Crippen LogP contribution < -0.4 is 15.0 Å². The van der Waals surface area contributed by atoms with Gasteiger partial charge in [-0.1, -0.05) is 23.8 Å². The van der Waals surface area contributed by atoms with Gasteiger partial charge >= 0.3 is 0 Å². The number of para-hydroxylation sites is 1. The number of carbonyl (C=O) groups excluding carboxylic acids is 2. The van der Waals surface area contributed by atoms with E-state index in [2.05, 4.69) is 28.2 Å². The van der Waals surface area contributed by atoms with E-state index in [0.29, 0.717) is 56.3 Å². The molecular weight excluding hydrogens is 480 g/mol. The van der Waals surface area contributed by atoms with E-state index in [1.165, 1.54) is 5.57 Å². The Balaban J connectivity index is 1.27. The first kappa shape index (κ1) is 26.2. The van der Waals surface area contributed by atoms with Gasteiger partial charge in [-0.05, 0) is 62.3 Å². The van der Waals surface area contributed by atoms with Crippen molar-refractivity contribution in [1.29, 1.82) is 0 Å². The molecule has 0 unspecified atom stereocenters. The fraction of sp³-hybridized carbons (Fsp3) is 0.500. The fourth-order valence-electron chi connectivity index (χ4n) is 5.59. The lowest BCUT2D eigenvalue weighted by Crippen LogP contribution is -2.48. The lowest BCUT2D eigenvalue weighted by Gasteiger charge is -2.42. The van der Waals surface area contributed by atoms with Gasteiger partial charge in [0, 0.05) is 50.9 Å². The molecule has 1 aromatic carbocycles. The maximum atomic E-state index is 13.4. The van der Waals surface area contributed by atoms with Gasteiger partial charge in [-0.2, -0.15) is 0 Å². The Bertz CT molecular complexity index is 1170. The minimum atomic E-state index is -0.102. The molecule has 0 atom stereocenters. The summed E-state index contributed by atoms with van der Waals surface area (Å²) in [7, 11) is 0. The predicted octanol–water partition coefficient (Wildman–Crippen LogP) is 4.08. The van der Waals surface area contributed by atoms with E-state index in [9.17, 15) is 9.59 Å². The van der Waals surface area contributed by atoms with Gasteiger partial charge in [-0.15, -0.1) is 0 Å². The molecule has 4 heterocycles. The molecule has 0 aliphatic carbocycles. The quantitative estimate of drug-likeness (QED) is 0.604. The van der Waals surface area contributed by atoms with Gasteiger partial charge in [0.2, 0.25) is 0 Å². The molecule has 1 spiro atoms. The monoisotopic (exact) mass is 518 g/mol. The van der Waals surface area contributed by atoms with E-state index < -0.39 is 0 Å². The summed E-state index contributed by atoms with van der Waals surface area (Å²) in [6.45, 7) is 7.56. The molecule has 1 N–H and O–H groups in total. The molecule has 8 nitrogen and oxygen atoms in total. The van der Waals surface area contributed by atoms with Gasteiger partial charge in [0.1, 0.15) is 11.6 Å². The van der Waals surface area contributed by atoms with Crippen molar-refractivity contribution < 1.29 is 19.1 Å². The third-order valence-electron chi connectivity index (χ3n) is 8.12. The molecule has 2 saturated heterocycles. The van der Waals surface area contributed by atoms with Gasteiger partial charge in [-0.3, -0.25) is 9.59 Å². The summed E-state index contributed by atoms with van der Waals surface area (Å²) in [4.78, 5) is 35.2. The number of likely N-dealkylation sites (tertiary alicyclic amines) is 1. The zero-order valence-corrected chi connectivity index (χ0v) is 22.3. The second-order valence-corrected chi connectivity index (χ2v) is 10.7. The third-order valence-corrected chi connectivity index (χ3v) is 8.12. The van der Waals surface area contributed by atoms with E-state index >= 15 is 0 Å². The van der Waals surface area contributed by atoms with Crippen LogP contribution in [0.5, 0.6) is 5.75 Å². The topological polar surface area (TPSA) is 84.0 Å². The number of allylic oxidation sites excluding steroid dienone is 1. The number of benzene rings is 1. The number of hydrogen-bond donors (Lipinski definition) is 1. The molecule has 202 valence electrons. The number of anilines is 1. The van der Waals surface area contributed by atoms with Crippen LogP contribution in [0.1, 0.15) is 59.7 Å². The number of piperidine rings is 1. The summed E-state index contributed by atoms with van der Waals surface area (Å²) >= 11 is 0. The minimum absolute atomic E-state index is 0.0484. The summed E-state index contributed by atoms with van der Waals surface area (Å²) in [6.07, 6.45) is 8.50. The number of nitrogens with one attached hydrogen (secondary N) is 1. The second kappa shape index (κ2) is 12.0. The number of ether oxygens (including phenoxy) is 2. The highest BCUT2D eigenvalue weighted by atomic mass is 16.5. The molecule has 38 heavy (non-hydrogen) atoms. The van der Waals surface area contributed by atoms with E-state index in [-0.39, 0.29) is 17.2 Å². The van der Waals surface area contributed by atoms with Crippen molar-refractivity contribution >= 4 is 17.6 Å².